The van der Waals surface area contributed by atoms with Crippen LogP contribution in [-0.2, 0) is 14.3 Å². The topological polar surface area (TPSA) is 72.8 Å². The van der Waals surface area contributed by atoms with Crippen molar-refractivity contribution in [3.8, 4) is 5.75 Å². The number of aliphatic hydroxyl groups is 1. The molecule has 1 aromatic carbocycles. The molecule has 0 aliphatic heterocycles. The van der Waals surface area contributed by atoms with Crippen LogP contribution in [0, 0.1) is 0 Å². The van der Waals surface area contributed by atoms with Crippen molar-refractivity contribution < 1.29 is 24.2 Å². The molecule has 1 aromatic rings. The Hall–Kier alpha value is -2.30. The van der Waals surface area contributed by atoms with Gasteiger partial charge in [0, 0.05) is 6.08 Å². The quantitative estimate of drug-likeness (QED) is 0.369. The summed E-state index contributed by atoms with van der Waals surface area (Å²) in [5, 5.41) is 9.87. The second kappa shape index (κ2) is 7.20. The average Bonchev–Trinajstić information content (AvgIpc) is 2.44. The summed E-state index contributed by atoms with van der Waals surface area (Å²) in [4.78, 5) is 22.3. The van der Waals surface area contributed by atoms with Crippen molar-refractivity contribution in [2.45, 2.75) is 13.3 Å². The van der Waals surface area contributed by atoms with Gasteiger partial charge >= 0.3 is 5.97 Å². The first-order valence-corrected chi connectivity index (χ1v) is 5.85. The molecule has 0 atom stereocenters. The van der Waals surface area contributed by atoms with E-state index >= 15 is 0 Å². The SMILES string of the molecule is CCCOc1ccccc1C(O)=CC(=O)C(=O)OC. The summed E-state index contributed by atoms with van der Waals surface area (Å²) in [6.07, 6.45) is 1.64. The second-order valence-corrected chi connectivity index (χ2v) is 3.73. The fourth-order valence-electron chi connectivity index (χ4n) is 1.38. The van der Waals surface area contributed by atoms with E-state index in [4.69, 9.17) is 4.74 Å². The number of benzene rings is 1. The van der Waals surface area contributed by atoms with Gasteiger partial charge in [0.15, 0.2) is 0 Å². The molecule has 0 unspecified atom stereocenters. The van der Waals surface area contributed by atoms with E-state index in [1.165, 1.54) is 0 Å². The third kappa shape index (κ3) is 4.13. The fourth-order valence-corrected chi connectivity index (χ4v) is 1.38. The number of methoxy groups -OCH3 is 1. The maximum absolute atomic E-state index is 11.3. The molecule has 0 amide bonds. The standard InChI is InChI=1S/C14H16O5/c1-3-8-19-13-7-5-4-6-10(13)11(15)9-12(16)14(17)18-2/h4-7,9,15H,3,8H2,1-2H3. The van der Waals surface area contributed by atoms with Gasteiger partial charge in [-0.3, -0.25) is 4.79 Å². The van der Waals surface area contributed by atoms with Gasteiger partial charge in [-0.15, -0.1) is 0 Å². The van der Waals surface area contributed by atoms with Crippen LogP contribution in [0.2, 0.25) is 0 Å². The number of ether oxygens (including phenoxy) is 2. The molecule has 0 radical (unpaired) electrons. The summed E-state index contributed by atoms with van der Waals surface area (Å²) in [6.45, 7) is 2.45. The maximum atomic E-state index is 11.3. The number of hydrogen-bond acceptors (Lipinski definition) is 5. The van der Waals surface area contributed by atoms with Crippen molar-refractivity contribution >= 4 is 17.5 Å². The molecule has 1 rings (SSSR count). The van der Waals surface area contributed by atoms with Crippen LogP contribution >= 0.6 is 0 Å². The Kier molecular flexibility index (Phi) is 5.60. The number of ketones is 1. The zero-order chi connectivity index (χ0) is 14.3. The molecule has 0 heterocycles. The zero-order valence-corrected chi connectivity index (χ0v) is 10.9. The van der Waals surface area contributed by atoms with E-state index in [9.17, 15) is 14.7 Å². The highest BCUT2D eigenvalue weighted by molar-refractivity contribution is 6.39. The average molecular weight is 264 g/mol. The van der Waals surface area contributed by atoms with E-state index in [1.807, 2.05) is 6.92 Å². The Morgan fingerprint density at radius 1 is 1.32 bits per heavy atom. The lowest BCUT2D eigenvalue weighted by Crippen LogP contribution is -2.13. The first-order chi connectivity index (χ1) is 9.10. The fraction of sp³-hybridized carbons (Fsp3) is 0.286. The van der Waals surface area contributed by atoms with Crippen molar-refractivity contribution in [3.63, 3.8) is 0 Å². The minimum Gasteiger partial charge on any atom is -0.507 e. The highest BCUT2D eigenvalue weighted by Gasteiger charge is 2.14. The number of hydrogen-bond donors (Lipinski definition) is 1. The van der Waals surface area contributed by atoms with E-state index in [0.717, 1.165) is 19.6 Å². The lowest BCUT2D eigenvalue weighted by atomic mass is 10.1. The van der Waals surface area contributed by atoms with Crippen LogP contribution in [0.25, 0.3) is 5.76 Å². The Bertz CT molecular complexity index is 490. The number of esters is 1. The van der Waals surface area contributed by atoms with Crippen LogP contribution in [0.3, 0.4) is 0 Å². The number of para-hydroxylation sites is 1. The molecule has 1 N–H and O–H groups in total. The van der Waals surface area contributed by atoms with Gasteiger partial charge in [-0.05, 0) is 18.6 Å². The number of carbonyl (C=O) groups excluding carboxylic acids is 2. The molecule has 0 aliphatic rings. The molecule has 19 heavy (non-hydrogen) atoms. The largest absolute Gasteiger partial charge is 0.507 e. The summed E-state index contributed by atoms with van der Waals surface area (Å²) in [7, 11) is 1.10. The lowest BCUT2D eigenvalue weighted by molar-refractivity contribution is -0.149. The van der Waals surface area contributed by atoms with Gasteiger partial charge in [0.2, 0.25) is 0 Å². The monoisotopic (exact) mass is 264 g/mol. The molecule has 0 bridgehead atoms. The van der Waals surface area contributed by atoms with Crippen molar-refractivity contribution in [1.29, 1.82) is 0 Å². The third-order valence-corrected chi connectivity index (χ3v) is 2.28. The first kappa shape index (κ1) is 14.8. The van der Waals surface area contributed by atoms with E-state index in [-0.39, 0.29) is 5.76 Å². The van der Waals surface area contributed by atoms with Crippen LogP contribution < -0.4 is 4.74 Å². The molecular weight excluding hydrogens is 248 g/mol. The maximum Gasteiger partial charge on any atom is 0.378 e. The van der Waals surface area contributed by atoms with Gasteiger partial charge in [-0.25, -0.2) is 4.79 Å². The molecule has 0 fully saturated rings. The van der Waals surface area contributed by atoms with E-state index < -0.39 is 11.8 Å². The summed E-state index contributed by atoms with van der Waals surface area (Å²) in [5.41, 5.74) is 0.355. The van der Waals surface area contributed by atoms with Crippen molar-refractivity contribution in [1.82, 2.24) is 0 Å². The Morgan fingerprint density at radius 3 is 2.63 bits per heavy atom. The van der Waals surface area contributed by atoms with Gasteiger partial charge in [0.1, 0.15) is 11.5 Å². The van der Waals surface area contributed by atoms with E-state index in [0.29, 0.717) is 17.9 Å². The summed E-state index contributed by atoms with van der Waals surface area (Å²) < 4.78 is 9.72. The molecular formula is C14H16O5. The third-order valence-electron chi connectivity index (χ3n) is 2.28. The van der Waals surface area contributed by atoms with Gasteiger partial charge in [-0.2, -0.15) is 0 Å². The van der Waals surface area contributed by atoms with E-state index in [1.54, 1.807) is 24.3 Å². The summed E-state index contributed by atoms with van der Waals surface area (Å²) >= 11 is 0. The number of carbonyl (C=O) groups is 2. The molecule has 0 saturated heterocycles. The Labute approximate surface area is 111 Å². The van der Waals surface area contributed by atoms with Crippen molar-refractivity contribution in [3.05, 3.63) is 35.9 Å². The Balaban J connectivity index is 2.98. The predicted octanol–water partition coefficient (Wildman–Crippen LogP) is 2.12. The predicted molar refractivity (Wildman–Crippen MR) is 69.9 cm³/mol. The smallest absolute Gasteiger partial charge is 0.378 e. The molecule has 0 saturated carbocycles. The molecule has 0 aromatic heterocycles. The zero-order valence-electron chi connectivity index (χ0n) is 10.9. The molecule has 5 nitrogen and oxygen atoms in total. The van der Waals surface area contributed by atoms with Crippen LogP contribution in [0.15, 0.2) is 30.3 Å². The molecule has 0 spiro atoms. The van der Waals surface area contributed by atoms with Gasteiger partial charge < -0.3 is 14.6 Å². The van der Waals surface area contributed by atoms with Crippen LogP contribution in [0.4, 0.5) is 0 Å². The molecule has 5 heteroatoms. The number of rotatable bonds is 6. The lowest BCUT2D eigenvalue weighted by Gasteiger charge is -2.09. The highest BCUT2D eigenvalue weighted by atomic mass is 16.5. The van der Waals surface area contributed by atoms with Gasteiger partial charge in [0.05, 0.1) is 19.3 Å². The van der Waals surface area contributed by atoms with E-state index in [2.05, 4.69) is 4.74 Å². The van der Waals surface area contributed by atoms with Crippen LogP contribution in [0.5, 0.6) is 5.75 Å². The normalized spacial score (nSPS) is 10.9. The summed E-state index contributed by atoms with van der Waals surface area (Å²) in [6, 6.07) is 6.73. The summed E-state index contributed by atoms with van der Waals surface area (Å²) in [5.74, 6) is -1.83. The molecule has 0 aliphatic carbocycles. The van der Waals surface area contributed by atoms with Crippen LogP contribution in [0.1, 0.15) is 18.9 Å². The molecule has 102 valence electrons. The van der Waals surface area contributed by atoms with Crippen molar-refractivity contribution in [2.75, 3.05) is 13.7 Å². The minimum atomic E-state index is -1.03. The van der Waals surface area contributed by atoms with Gasteiger partial charge in [-0.1, -0.05) is 19.1 Å². The first-order valence-electron chi connectivity index (χ1n) is 5.85. The van der Waals surface area contributed by atoms with Gasteiger partial charge in [0.25, 0.3) is 5.78 Å². The number of aliphatic hydroxyl groups excluding tert-OH is 1. The van der Waals surface area contributed by atoms with Crippen molar-refractivity contribution in [2.24, 2.45) is 0 Å². The second-order valence-electron chi connectivity index (χ2n) is 3.73. The minimum absolute atomic E-state index is 0.331. The van der Waals surface area contributed by atoms with Crippen LogP contribution in [-0.4, -0.2) is 30.6 Å². The highest BCUT2D eigenvalue weighted by Crippen LogP contribution is 2.24. The Morgan fingerprint density at radius 2 is 2.00 bits per heavy atom.